The van der Waals surface area contributed by atoms with Gasteiger partial charge in [0.15, 0.2) is 0 Å². The van der Waals surface area contributed by atoms with E-state index >= 15 is 0 Å². The predicted octanol–water partition coefficient (Wildman–Crippen LogP) is 2.54. The van der Waals surface area contributed by atoms with Gasteiger partial charge in [0.05, 0.1) is 12.3 Å². The third-order valence-corrected chi connectivity index (χ3v) is 3.74. The van der Waals surface area contributed by atoms with E-state index in [0.717, 1.165) is 5.76 Å². The maximum Gasteiger partial charge on any atom is 0.122 e. The first-order chi connectivity index (χ1) is 7.83. The Balaban J connectivity index is 2.02. The lowest BCUT2D eigenvalue weighted by molar-refractivity contribution is 0.126. The zero-order valence-corrected chi connectivity index (χ0v) is 10.1. The normalized spacial score (nSPS) is 20.2. The molecule has 1 heterocycles. The Morgan fingerprint density at radius 2 is 2.19 bits per heavy atom. The molecule has 0 aliphatic heterocycles. The SMILES string of the molecule is CN(C1CCCCC1)C(CN)c1ccco1. The number of likely N-dealkylation sites (N-methyl/N-ethyl adjacent to an activating group) is 1. The maximum atomic E-state index is 5.87. The molecule has 16 heavy (non-hydrogen) atoms. The monoisotopic (exact) mass is 222 g/mol. The number of nitrogens with two attached hydrogens (primary N) is 1. The number of hydrogen-bond donors (Lipinski definition) is 1. The molecule has 1 aliphatic carbocycles. The molecule has 3 heteroatoms. The summed E-state index contributed by atoms with van der Waals surface area (Å²) in [7, 11) is 2.18. The Labute approximate surface area is 97.6 Å². The van der Waals surface area contributed by atoms with Crippen LogP contribution in [0.15, 0.2) is 22.8 Å². The van der Waals surface area contributed by atoms with Crippen LogP contribution in [-0.2, 0) is 0 Å². The molecular formula is C13H22N2O. The molecule has 2 rings (SSSR count). The first-order valence-corrected chi connectivity index (χ1v) is 6.28. The topological polar surface area (TPSA) is 42.4 Å². The highest BCUT2D eigenvalue weighted by molar-refractivity contribution is 5.05. The van der Waals surface area contributed by atoms with Crippen LogP contribution >= 0.6 is 0 Å². The van der Waals surface area contributed by atoms with Crippen LogP contribution in [0.25, 0.3) is 0 Å². The van der Waals surface area contributed by atoms with Gasteiger partial charge in [-0.15, -0.1) is 0 Å². The molecule has 0 amide bonds. The largest absolute Gasteiger partial charge is 0.468 e. The molecule has 1 unspecified atom stereocenters. The Kier molecular flexibility index (Phi) is 4.02. The molecule has 90 valence electrons. The Hall–Kier alpha value is -0.800. The van der Waals surface area contributed by atoms with Crippen molar-refractivity contribution in [1.29, 1.82) is 0 Å². The van der Waals surface area contributed by atoms with E-state index in [1.165, 1.54) is 32.1 Å². The van der Waals surface area contributed by atoms with Crippen LogP contribution in [0.2, 0.25) is 0 Å². The lowest BCUT2D eigenvalue weighted by Crippen LogP contribution is -2.39. The van der Waals surface area contributed by atoms with Crippen molar-refractivity contribution in [3.8, 4) is 0 Å². The van der Waals surface area contributed by atoms with Gasteiger partial charge in [-0.05, 0) is 32.0 Å². The summed E-state index contributed by atoms with van der Waals surface area (Å²) in [5.74, 6) is 0.996. The van der Waals surface area contributed by atoms with Gasteiger partial charge in [-0.2, -0.15) is 0 Å². The van der Waals surface area contributed by atoms with Crippen molar-refractivity contribution in [2.75, 3.05) is 13.6 Å². The zero-order chi connectivity index (χ0) is 11.4. The van der Waals surface area contributed by atoms with Crippen LogP contribution < -0.4 is 5.73 Å². The van der Waals surface area contributed by atoms with Gasteiger partial charge in [0.25, 0.3) is 0 Å². The third kappa shape index (κ3) is 2.47. The van der Waals surface area contributed by atoms with Crippen molar-refractivity contribution >= 4 is 0 Å². The summed E-state index contributed by atoms with van der Waals surface area (Å²) in [5.41, 5.74) is 5.87. The average Bonchev–Trinajstić information content (AvgIpc) is 2.85. The lowest BCUT2D eigenvalue weighted by atomic mass is 9.93. The standard InChI is InChI=1S/C13H22N2O/c1-15(11-6-3-2-4-7-11)12(10-14)13-8-5-9-16-13/h5,8-9,11-12H,2-4,6-7,10,14H2,1H3. The van der Waals surface area contributed by atoms with Crippen molar-refractivity contribution in [2.45, 2.75) is 44.2 Å². The average molecular weight is 222 g/mol. The summed E-state index contributed by atoms with van der Waals surface area (Å²) in [6.45, 7) is 0.626. The second-order valence-electron chi connectivity index (χ2n) is 4.72. The number of hydrogen-bond acceptors (Lipinski definition) is 3. The molecule has 1 aromatic rings. The Bertz CT molecular complexity index is 291. The van der Waals surface area contributed by atoms with Crippen molar-refractivity contribution in [3.63, 3.8) is 0 Å². The van der Waals surface area contributed by atoms with Gasteiger partial charge in [0.1, 0.15) is 5.76 Å². The van der Waals surface area contributed by atoms with Gasteiger partial charge in [-0.1, -0.05) is 19.3 Å². The van der Waals surface area contributed by atoms with Crippen molar-refractivity contribution in [2.24, 2.45) is 5.73 Å². The highest BCUT2D eigenvalue weighted by Crippen LogP contribution is 2.28. The Morgan fingerprint density at radius 3 is 2.75 bits per heavy atom. The van der Waals surface area contributed by atoms with Crippen LogP contribution in [0.5, 0.6) is 0 Å². The molecule has 0 aromatic carbocycles. The van der Waals surface area contributed by atoms with Gasteiger partial charge in [-0.3, -0.25) is 4.90 Å². The molecule has 1 aromatic heterocycles. The number of rotatable bonds is 4. The zero-order valence-electron chi connectivity index (χ0n) is 10.1. The van der Waals surface area contributed by atoms with E-state index in [1.54, 1.807) is 6.26 Å². The fourth-order valence-corrected chi connectivity index (χ4v) is 2.71. The fourth-order valence-electron chi connectivity index (χ4n) is 2.71. The molecular weight excluding hydrogens is 200 g/mol. The lowest BCUT2D eigenvalue weighted by Gasteiger charge is -2.35. The summed E-state index contributed by atoms with van der Waals surface area (Å²) < 4.78 is 5.48. The molecule has 1 fully saturated rings. The summed E-state index contributed by atoms with van der Waals surface area (Å²) in [5, 5.41) is 0. The van der Waals surface area contributed by atoms with E-state index in [4.69, 9.17) is 10.2 Å². The predicted molar refractivity (Wildman–Crippen MR) is 65.1 cm³/mol. The summed E-state index contributed by atoms with van der Waals surface area (Å²) in [6, 6.07) is 4.87. The van der Waals surface area contributed by atoms with Crippen molar-refractivity contribution in [3.05, 3.63) is 24.2 Å². The van der Waals surface area contributed by atoms with Crippen LogP contribution in [0, 0.1) is 0 Å². The van der Waals surface area contributed by atoms with Gasteiger partial charge >= 0.3 is 0 Å². The molecule has 0 radical (unpaired) electrons. The van der Waals surface area contributed by atoms with Crippen LogP contribution in [0.3, 0.4) is 0 Å². The van der Waals surface area contributed by atoms with E-state index in [-0.39, 0.29) is 6.04 Å². The van der Waals surface area contributed by atoms with Crippen LogP contribution in [0.1, 0.15) is 43.9 Å². The highest BCUT2D eigenvalue weighted by atomic mass is 16.3. The smallest absolute Gasteiger partial charge is 0.122 e. The molecule has 3 nitrogen and oxygen atoms in total. The fraction of sp³-hybridized carbons (Fsp3) is 0.692. The molecule has 1 atom stereocenters. The van der Waals surface area contributed by atoms with E-state index in [2.05, 4.69) is 11.9 Å². The molecule has 0 saturated heterocycles. The first kappa shape index (κ1) is 11.7. The summed E-state index contributed by atoms with van der Waals surface area (Å²) >= 11 is 0. The minimum atomic E-state index is 0.234. The Morgan fingerprint density at radius 1 is 1.44 bits per heavy atom. The molecule has 0 bridgehead atoms. The van der Waals surface area contributed by atoms with E-state index in [9.17, 15) is 0 Å². The van der Waals surface area contributed by atoms with Gasteiger partial charge in [-0.25, -0.2) is 0 Å². The first-order valence-electron chi connectivity index (χ1n) is 6.28. The second-order valence-corrected chi connectivity index (χ2v) is 4.72. The van der Waals surface area contributed by atoms with Crippen molar-refractivity contribution < 1.29 is 4.42 Å². The quantitative estimate of drug-likeness (QED) is 0.851. The minimum absolute atomic E-state index is 0.234. The highest BCUT2D eigenvalue weighted by Gasteiger charge is 2.26. The minimum Gasteiger partial charge on any atom is -0.468 e. The summed E-state index contributed by atoms with van der Waals surface area (Å²) in [4.78, 5) is 2.40. The molecule has 1 saturated carbocycles. The van der Waals surface area contributed by atoms with Crippen LogP contribution in [-0.4, -0.2) is 24.5 Å². The number of furan rings is 1. The van der Waals surface area contributed by atoms with Gasteiger partial charge in [0, 0.05) is 12.6 Å². The van der Waals surface area contributed by atoms with Gasteiger partial charge in [0.2, 0.25) is 0 Å². The van der Waals surface area contributed by atoms with E-state index in [0.29, 0.717) is 12.6 Å². The maximum absolute atomic E-state index is 5.87. The molecule has 2 N–H and O–H groups in total. The number of nitrogens with zero attached hydrogens (tertiary/aromatic N) is 1. The molecule has 0 spiro atoms. The molecule has 1 aliphatic rings. The summed E-state index contributed by atoms with van der Waals surface area (Å²) in [6.07, 6.45) is 8.42. The van der Waals surface area contributed by atoms with E-state index in [1.807, 2.05) is 12.1 Å². The van der Waals surface area contributed by atoms with Crippen LogP contribution in [0.4, 0.5) is 0 Å². The van der Waals surface area contributed by atoms with E-state index < -0.39 is 0 Å². The van der Waals surface area contributed by atoms with Crippen molar-refractivity contribution in [1.82, 2.24) is 4.90 Å². The van der Waals surface area contributed by atoms with Gasteiger partial charge < -0.3 is 10.2 Å². The second kappa shape index (κ2) is 5.51. The third-order valence-electron chi connectivity index (χ3n) is 3.74.